The third-order valence-corrected chi connectivity index (χ3v) is 5.45. The standard InChI is InChI=1S/C18H20F8N4O4/c1-15(29(2)13(31)16(19,20)10-8-28-11(33-3)9-27-10)4-6-30(7-5-15)14(32)34-12(17(21,22)23)18(24,25)26/h8-9,12H,4-7H2,1-3H3. The summed E-state index contributed by atoms with van der Waals surface area (Å²) in [4.78, 5) is 32.7. The number of carbonyl (C=O) groups is 2. The topological polar surface area (TPSA) is 84.9 Å². The minimum atomic E-state index is -5.87. The Morgan fingerprint density at radius 2 is 1.56 bits per heavy atom. The number of amides is 2. The van der Waals surface area contributed by atoms with Crippen LogP contribution in [0.5, 0.6) is 5.88 Å². The molecular formula is C18H20F8N4O4. The number of aromatic nitrogens is 2. The highest BCUT2D eigenvalue weighted by Gasteiger charge is 2.60. The third-order valence-electron chi connectivity index (χ3n) is 5.45. The molecule has 1 aromatic rings. The maximum absolute atomic E-state index is 14.7. The average Bonchev–Trinajstić information content (AvgIpc) is 2.75. The Labute approximate surface area is 187 Å². The number of carbonyl (C=O) groups excluding carboxylic acids is 2. The molecule has 2 rings (SSSR count). The molecule has 0 bridgehead atoms. The van der Waals surface area contributed by atoms with E-state index in [2.05, 4.69) is 14.7 Å². The summed E-state index contributed by atoms with van der Waals surface area (Å²) in [5, 5.41) is 0. The molecule has 0 radical (unpaired) electrons. The van der Waals surface area contributed by atoms with E-state index >= 15 is 0 Å². The predicted octanol–water partition coefficient (Wildman–Crippen LogP) is 3.52. The SMILES string of the molecule is COc1cnc(C(F)(F)C(=O)N(C)C2(C)CCN(C(=O)OC(C(F)(F)F)C(F)(F)F)CC2)cn1. The van der Waals surface area contributed by atoms with Gasteiger partial charge in [0.25, 0.3) is 12.0 Å². The first kappa shape index (κ1) is 27.3. The summed E-state index contributed by atoms with van der Waals surface area (Å²) >= 11 is 0. The van der Waals surface area contributed by atoms with Crippen molar-refractivity contribution in [3.8, 4) is 5.88 Å². The number of halogens is 8. The highest BCUT2D eigenvalue weighted by atomic mass is 19.4. The Balaban J connectivity index is 2.08. The van der Waals surface area contributed by atoms with Crippen LogP contribution in [-0.4, -0.2) is 83.0 Å². The van der Waals surface area contributed by atoms with Crippen molar-refractivity contribution in [3.05, 3.63) is 18.1 Å². The van der Waals surface area contributed by atoms with Gasteiger partial charge in [-0.3, -0.25) is 4.79 Å². The van der Waals surface area contributed by atoms with Gasteiger partial charge < -0.3 is 19.3 Å². The number of likely N-dealkylation sites (N-methyl/N-ethyl adjacent to an activating group) is 1. The smallest absolute Gasteiger partial charge is 0.434 e. The summed E-state index contributed by atoms with van der Waals surface area (Å²) in [6.45, 7) is 0.504. The summed E-state index contributed by atoms with van der Waals surface area (Å²) in [6, 6.07) is 0. The van der Waals surface area contributed by atoms with Gasteiger partial charge in [-0.2, -0.15) is 35.1 Å². The van der Waals surface area contributed by atoms with Crippen LogP contribution in [0.25, 0.3) is 0 Å². The number of hydrogen-bond acceptors (Lipinski definition) is 6. The van der Waals surface area contributed by atoms with Crippen molar-refractivity contribution in [3.63, 3.8) is 0 Å². The summed E-state index contributed by atoms with van der Waals surface area (Å²) in [7, 11) is 2.29. The van der Waals surface area contributed by atoms with Gasteiger partial charge in [0.15, 0.2) is 0 Å². The molecule has 192 valence electrons. The molecule has 34 heavy (non-hydrogen) atoms. The molecule has 0 atom stereocenters. The zero-order valence-electron chi connectivity index (χ0n) is 18.0. The van der Waals surface area contributed by atoms with Crippen molar-refractivity contribution < 1.29 is 54.2 Å². The molecule has 8 nitrogen and oxygen atoms in total. The van der Waals surface area contributed by atoms with E-state index in [1.54, 1.807) is 0 Å². The van der Waals surface area contributed by atoms with E-state index in [4.69, 9.17) is 4.74 Å². The number of likely N-dealkylation sites (tertiary alicyclic amines) is 1. The Hall–Kier alpha value is -2.94. The van der Waals surface area contributed by atoms with Crippen LogP contribution in [0, 0.1) is 0 Å². The second-order valence-corrected chi connectivity index (χ2v) is 7.71. The number of rotatable bonds is 5. The van der Waals surface area contributed by atoms with Crippen LogP contribution < -0.4 is 4.74 Å². The van der Waals surface area contributed by atoms with Crippen LogP contribution in [0.4, 0.5) is 39.9 Å². The Bertz CT molecular complexity index is 869. The summed E-state index contributed by atoms with van der Waals surface area (Å²) < 4.78 is 113. The second-order valence-electron chi connectivity index (χ2n) is 7.71. The highest BCUT2D eigenvalue weighted by Crippen LogP contribution is 2.38. The minimum Gasteiger partial charge on any atom is -0.480 e. The van der Waals surface area contributed by atoms with Gasteiger partial charge in [-0.1, -0.05) is 0 Å². The molecule has 0 unspecified atom stereocenters. The van der Waals surface area contributed by atoms with Crippen molar-refractivity contribution in [1.29, 1.82) is 0 Å². The van der Waals surface area contributed by atoms with Crippen molar-refractivity contribution in [2.24, 2.45) is 0 Å². The first-order chi connectivity index (χ1) is 15.4. The molecule has 1 aliphatic heterocycles. The molecule has 0 spiro atoms. The normalized spacial score (nSPS) is 16.9. The monoisotopic (exact) mass is 508 g/mol. The van der Waals surface area contributed by atoms with Gasteiger partial charge >= 0.3 is 24.4 Å². The summed E-state index contributed by atoms with van der Waals surface area (Å²) in [6.07, 6.45) is -16.8. The van der Waals surface area contributed by atoms with E-state index < -0.39 is 60.7 Å². The summed E-state index contributed by atoms with van der Waals surface area (Å²) in [5.41, 5.74) is -2.26. The minimum absolute atomic E-state index is 0.0649. The van der Waals surface area contributed by atoms with Crippen molar-refractivity contribution >= 4 is 12.0 Å². The maximum Gasteiger partial charge on any atom is 0.434 e. The quantitative estimate of drug-likeness (QED) is 0.566. The molecule has 0 saturated carbocycles. The van der Waals surface area contributed by atoms with Crippen molar-refractivity contribution in [2.45, 2.75) is 49.7 Å². The van der Waals surface area contributed by atoms with Gasteiger partial charge in [0.1, 0.15) is 5.69 Å². The lowest BCUT2D eigenvalue weighted by Crippen LogP contribution is -2.58. The Morgan fingerprint density at radius 3 is 1.97 bits per heavy atom. The van der Waals surface area contributed by atoms with Gasteiger partial charge in [0.2, 0.25) is 5.88 Å². The molecular weight excluding hydrogens is 488 g/mol. The lowest BCUT2D eigenvalue weighted by molar-refractivity contribution is -0.308. The Kier molecular flexibility index (Phi) is 7.52. The molecule has 0 aliphatic carbocycles. The molecule has 0 N–H and O–H groups in total. The van der Waals surface area contributed by atoms with Gasteiger partial charge in [-0.15, -0.1) is 0 Å². The average molecular weight is 508 g/mol. The van der Waals surface area contributed by atoms with E-state index in [9.17, 15) is 44.7 Å². The first-order valence-corrected chi connectivity index (χ1v) is 9.55. The van der Waals surface area contributed by atoms with Crippen LogP contribution in [-0.2, 0) is 15.5 Å². The molecule has 2 amide bonds. The zero-order chi connectivity index (χ0) is 26.1. The number of piperidine rings is 1. The van der Waals surface area contributed by atoms with Gasteiger partial charge in [0, 0.05) is 25.7 Å². The third kappa shape index (κ3) is 5.75. The first-order valence-electron chi connectivity index (χ1n) is 9.55. The van der Waals surface area contributed by atoms with Crippen molar-refractivity contribution in [1.82, 2.24) is 19.8 Å². The summed E-state index contributed by atoms with van der Waals surface area (Å²) in [5.74, 6) is -5.83. The van der Waals surface area contributed by atoms with Gasteiger partial charge in [0.05, 0.1) is 19.5 Å². The van der Waals surface area contributed by atoms with Crippen LogP contribution in [0.1, 0.15) is 25.5 Å². The Morgan fingerprint density at radius 1 is 1.03 bits per heavy atom. The number of alkyl halides is 8. The molecule has 2 heterocycles. The van der Waals surface area contributed by atoms with E-state index in [-0.39, 0.29) is 18.7 Å². The lowest BCUT2D eigenvalue weighted by Gasteiger charge is -2.45. The van der Waals surface area contributed by atoms with Crippen LogP contribution >= 0.6 is 0 Å². The molecule has 16 heteroatoms. The van der Waals surface area contributed by atoms with Crippen LogP contribution in [0.3, 0.4) is 0 Å². The van der Waals surface area contributed by atoms with Gasteiger partial charge in [-0.25, -0.2) is 14.8 Å². The fourth-order valence-corrected chi connectivity index (χ4v) is 3.15. The number of hydrogen-bond donors (Lipinski definition) is 0. The molecule has 1 saturated heterocycles. The number of methoxy groups -OCH3 is 1. The number of ether oxygens (including phenoxy) is 2. The van der Waals surface area contributed by atoms with E-state index in [1.807, 2.05) is 0 Å². The number of nitrogens with zero attached hydrogens (tertiary/aromatic N) is 4. The lowest BCUT2D eigenvalue weighted by atomic mass is 9.87. The second kappa shape index (κ2) is 9.37. The molecule has 1 aromatic heterocycles. The van der Waals surface area contributed by atoms with E-state index in [1.165, 1.54) is 14.0 Å². The highest BCUT2D eigenvalue weighted by molar-refractivity contribution is 5.84. The van der Waals surface area contributed by atoms with Crippen molar-refractivity contribution in [2.75, 3.05) is 27.2 Å². The molecule has 1 aliphatic rings. The van der Waals surface area contributed by atoms with E-state index in [0.29, 0.717) is 16.0 Å². The fraction of sp³-hybridized carbons (Fsp3) is 0.667. The van der Waals surface area contributed by atoms with Gasteiger partial charge in [-0.05, 0) is 19.8 Å². The largest absolute Gasteiger partial charge is 0.480 e. The van der Waals surface area contributed by atoms with Crippen LogP contribution in [0.15, 0.2) is 12.4 Å². The predicted molar refractivity (Wildman–Crippen MR) is 96.8 cm³/mol. The van der Waals surface area contributed by atoms with Crippen LogP contribution in [0.2, 0.25) is 0 Å². The fourth-order valence-electron chi connectivity index (χ4n) is 3.15. The maximum atomic E-state index is 14.7. The van der Waals surface area contributed by atoms with E-state index in [0.717, 1.165) is 13.2 Å². The molecule has 1 fully saturated rings. The molecule has 0 aromatic carbocycles. The zero-order valence-corrected chi connectivity index (χ0v) is 18.0.